The molecule has 4 nitrogen and oxygen atoms in total. The van der Waals surface area contributed by atoms with Crippen LogP contribution < -0.4 is 0 Å². The Morgan fingerprint density at radius 3 is 2.94 bits per heavy atom. The van der Waals surface area contributed by atoms with E-state index >= 15 is 0 Å². The second-order valence-electron chi connectivity index (χ2n) is 3.73. The van der Waals surface area contributed by atoms with Crippen LogP contribution in [0.15, 0.2) is 28.8 Å². The summed E-state index contributed by atoms with van der Waals surface area (Å²) in [6.45, 7) is 1.80. The van der Waals surface area contributed by atoms with E-state index in [2.05, 4.69) is 16.2 Å². The van der Waals surface area contributed by atoms with E-state index in [0.29, 0.717) is 23.2 Å². The summed E-state index contributed by atoms with van der Waals surface area (Å²) in [7, 11) is 0. The topological polar surface area (TPSA) is 62.7 Å². The van der Waals surface area contributed by atoms with Crippen molar-refractivity contribution in [3.63, 3.8) is 0 Å². The SMILES string of the molecule is CC(C#N)Cc1nc(-c2ccccc2Cl)no1. The maximum Gasteiger partial charge on any atom is 0.228 e. The highest BCUT2D eigenvalue weighted by molar-refractivity contribution is 6.33. The van der Waals surface area contributed by atoms with Gasteiger partial charge in [-0.15, -0.1) is 0 Å². The van der Waals surface area contributed by atoms with Crippen LogP contribution in [0.5, 0.6) is 0 Å². The first-order valence-electron chi connectivity index (χ1n) is 5.18. The second kappa shape index (κ2) is 4.98. The summed E-state index contributed by atoms with van der Waals surface area (Å²) >= 11 is 6.03. The molecule has 0 aliphatic carbocycles. The van der Waals surface area contributed by atoms with E-state index in [0.717, 1.165) is 5.56 Å². The molecule has 5 heteroatoms. The van der Waals surface area contributed by atoms with Gasteiger partial charge < -0.3 is 4.52 Å². The third-order valence-electron chi connectivity index (χ3n) is 2.28. The van der Waals surface area contributed by atoms with Crippen molar-refractivity contribution in [2.24, 2.45) is 5.92 Å². The van der Waals surface area contributed by atoms with Gasteiger partial charge in [0.25, 0.3) is 0 Å². The molecule has 0 fully saturated rings. The van der Waals surface area contributed by atoms with Gasteiger partial charge >= 0.3 is 0 Å². The van der Waals surface area contributed by atoms with E-state index < -0.39 is 0 Å². The molecule has 1 unspecified atom stereocenters. The molecule has 0 amide bonds. The van der Waals surface area contributed by atoms with Gasteiger partial charge in [-0.1, -0.05) is 28.9 Å². The summed E-state index contributed by atoms with van der Waals surface area (Å²) < 4.78 is 5.08. The smallest absolute Gasteiger partial charge is 0.228 e. The summed E-state index contributed by atoms with van der Waals surface area (Å²) in [6, 6.07) is 9.41. The second-order valence-corrected chi connectivity index (χ2v) is 4.13. The zero-order valence-electron chi connectivity index (χ0n) is 9.22. The largest absolute Gasteiger partial charge is 0.339 e. The third kappa shape index (κ3) is 2.63. The van der Waals surface area contributed by atoms with Gasteiger partial charge in [0.15, 0.2) is 0 Å². The first-order valence-corrected chi connectivity index (χ1v) is 5.55. The third-order valence-corrected chi connectivity index (χ3v) is 2.61. The van der Waals surface area contributed by atoms with Crippen molar-refractivity contribution in [3.05, 3.63) is 35.2 Å². The summed E-state index contributed by atoms with van der Waals surface area (Å²) in [5.74, 6) is 0.763. The number of nitrogens with zero attached hydrogens (tertiary/aromatic N) is 3. The molecule has 0 bridgehead atoms. The highest BCUT2D eigenvalue weighted by Gasteiger charge is 2.13. The maximum atomic E-state index is 8.70. The number of hydrogen-bond acceptors (Lipinski definition) is 4. The lowest BCUT2D eigenvalue weighted by Gasteiger charge is -1.96. The van der Waals surface area contributed by atoms with Crippen molar-refractivity contribution in [1.29, 1.82) is 5.26 Å². The van der Waals surface area contributed by atoms with E-state index in [9.17, 15) is 0 Å². The van der Waals surface area contributed by atoms with Gasteiger partial charge in [0.1, 0.15) is 0 Å². The minimum absolute atomic E-state index is 0.144. The first-order chi connectivity index (χ1) is 8.20. The predicted octanol–water partition coefficient (Wildman–Crippen LogP) is 3.09. The van der Waals surface area contributed by atoms with Crippen LogP contribution in [-0.4, -0.2) is 10.1 Å². The molecule has 2 aromatic rings. The van der Waals surface area contributed by atoms with Crippen LogP contribution in [0.2, 0.25) is 5.02 Å². The fraction of sp³-hybridized carbons (Fsp3) is 0.250. The number of aromatic nitrogens is 2. The Balaban J connectivity index is 2.25. The van der Waals surface area contributed by atoms with Gasteiger partial charge in [-0.2, -0.15) is 10.2 Å². The minimum atomic E-state index is -0.144. The van der Waals surface area contributed by atoms with Gasteiger partial charge in [-0.05, 0) is 19.1 Å². The Bertz CT molecular complexity index is 559. The van der Waals surface area contributed by atoms with Crippen molar-refractivity contribution >= 4 is 11.6 Å². The normalized spacial score (nSPS) is 12.1. The van der Waals surface area contributed by atoms with Crippen LogP contribution in [0.25, 0.3) is 11.4 Å². The van der Waals surface area contributed by atoms with E-state index in [1.165, 1.54) is 0 Å². The van der Waals surface area contributed by atoms with Gasteiger partial charge in [0.05, 0.1) is 17.0 Å². The average molecular weight is 248 g/mol. The highest BCUT2D eigenvalue weighted by Crippen LogP contribution is 2.25. The van der Waals surface area contributed by atoms with Gasteiger partial charge in [0, 0.05) is 12.0 Å². The average Bonchev–Trinajstić information content (AvgIpc) is 2.78. The molecular formula is C12H10ClN3O. The number of rotatable bonds is 3. The van der Waals surface area contributed by atoms with Crippen molar-refractivity contribution in [2.75, 3.05) is 0 Å². The van der Waals surface area contributed by atoms with Gasteiger partial charge in [-0.3, -0.25) is 0 Å². The molecular weight excluding hydrogens is 238 g/mol. The van der Waals surface area contributed by atoms with Crippen LogP contribution in [0.1, 0.15) is 12.8 Å². The quantitative estimate of drug-likeness (QED) is 0.836. The monoisotopic (exact) mass is 247 g/mol. The summed E-state index contributed by atoms with van der Waals surface area (Å²) in [6.07, 6.45) is 0.452. The molecule has 17 heavy (non-hydrogen) atoms. The molecule has 0 saturated heterocycles. The molecule has 1 heterocycles. The fourth-order valence-electron chi connectivity index (χ4n) is 1.40. The number of nitriles is 1. The first kappa shape index (κ1) is 11.6. The molecule has 2 rings (SSSR count). The maximum absolute atomic E-state index is 8.70. The summed E-state index contributed by atoms with van der Waals surface area (Å²) in [4.78, 5) is 4.22. The highest BCUT2D eigenvalue weighted by atomic mass is 35.5. The van der Waals surface area contributed by atoms with Gasteiger partial charge in [-0.25, -0.2) is 0 Å². The molecule has 1 aromatic carbocycles. The Hall–Kier alpha value is -1.86. The van der Waals surface area contributed by atoms with Crippen LogP contribution >= 0.6 is 11.6 Å². The van der Waals surface area contributed by atoms with Crippen LogP contribution in [-0.2, 0) is 6.42 Å². The van der Waals surface area contributed by atoms with Crippen molar-refractivity contribution < 1.29 is 4.52 Å². The van der Waals surface area contributed by atoms with E-state index in [1.807, 2.05) is 18.2 Å². The zero-order chi connectivity index (χ0) is 12.3. The predicted molar refractivity (Wildman–Crippen MR) is 63.2 cm³/mol. The molecule has 0 spiro atoms. The Kier molecular flexibility index (Phi) is 3.40. The Morgan fingerprint density at radius 1 is 1.47 bits per heavy atom. The molecule has 0 N–H and O–H groups in total. The van der Waals surface area contributed by atoms with Crippen molar-refractivity contribution in [1.82, 2.24) is 10.1 Å². The van der Waals surface area contributed by atoms with E-state index in [1.54, 1.807) is 13.0 Å². The molecule has 86 valence electrons. The minimum Gasteiger partial charge on any atom is -0.339 e. The molecule has 1 atom stereocenters. The van der Waals surface area contributed by atoms with Crippen molar-refractivity contribution in [2.45, 2.75) is 13.3 Å². The molecule has 0 aliphatic heterocycles. The van der Waals surface area contributed by atoms with Crippen molar-refractivity contribution in [3.8, 4) is 17.5 Å². The van der Waals surface area contributed by atoms with E-state index in [-0.39, 0.29) is 5.92 Å². The standard InChI is InChI=1S/C12H10ClN3O/c1-8(7-14)6-11-15-12(16-17-11)9-4-2-3-5-10(9)13/h2-5,8H,6H2,1H3. The van der Waals surface area contributed by atoms with Crippen LogP contribution in [0.4, 0.5) is 0 Å². The number of halogens is 1. The fourth-order valence-corrected chi connectivity index (χ4v) is 1.62. The summed E-state index contributed by atoms with van der Waals surface area (Å²) in [5.41, 5.74) is 0.730. The Labute approximate surface area is 104 Å². The molecule has 0 saturated carbocycles. The zero-order valence-corrected chi connectivity index (χ0v) is 9.98. The number of benzene rings is 1. The number of hydrogen-bond donors (Lipinski definition) is 0. The molecule has 0 aliphatic rings. The molecule has 1 aromatic heterocycles. The molecule has 0 radical (unpaired) electrons. The lowest BCUT2D eigenvalue weighted by molar-refractivity contribution is 0.369. The van der Waals surface area contributed by atoms with Crippen LogP contribution in [0.3, 0.4) is 0 Å². The lowest BCUT2D eigenvalue weighted by atomic mass is 10.1. The van der Waals surface area contributed by atoms with Gasteiger partial charge in [0.2, 0.25) is 11.7 Å². The van der Waals surface area contributed by atoms with E-state index in [4.69, 9.17) is 21.4 Å². The van der Waals surface area contributed by atoms with Crippen LogP contribution in [0, 0.1) is 17.2 Å². The lowest BCUT2D eigenvalue weighted by Crippen LogP contribution is -1.96. The Morgan fingerprint density at radius 2 is 2.24 bits per heavy atom. The summed E-state index contributed by atoms with van der Waals surface area (Å²) in [5, 5.41) is 13.1.